The topological polar surface area (TPSA) is 132 Å². The van der Waals surface area contributed by atoms with Crippen molar-refractivity contribution in [3.63, 3.8) is 0 Å². The number of aromatic nitrogens is 1. The largest absolute Gasteiger partial charge is 0.508 e. The van der Waals surface area contributed by atoms with Gasteiger partial charge in [-0.3, -0.25) is 19.4 Å². The third-order valence-corrected chi connectivity index (χ3v) is 8.21. The van der Waals surface area contributed by atoms with Crippen LogP contribution in [0, 0.1) is 26.2 Å². The molecule has 43 heavy (non-hydrogen) atoms. The van der Waals surface area contributed by atoms with E-state index in [2.05, 4.69) is 15.6 Å². The number of aryl methyl sites for hydroxylation is 2. The van der Waals surface area contributed by atoms with Crippen molar-refractivity contribution >= 4 is 17.7 Å². The zero-order valence-electron chi connectivity index (χ0n) is 24.7. The van der Waals surface area contributed by atoms with Gasteiger partial charge in [-0.05, 0) is 61.2 Å². The van der Waals surface area contributed by atoms with Crippen molar-refractivity contribution in [2.24, 2.45) is 5.41 Å². The molecule has 0 spiro atoms. The van der Waals surface area contributed by atoms with Crippen LogP contribution >= 0.6 is 0 Å². The number of halogens is 2. The van der Waals surface area contributed by atoms with E-state index in [1.165, 1.54) is 19.9 Å². The quantitative estimate of drug-likeness (QED) is 0.314. The van der Waals surface area contributed by atoms with E-state index in [1.807, 2.05) is 0 Å². The van der Waals surface area contributed by atoms with E-state index >= 15 is 8.78 Å². The maximum atomic E-state index is 15.4. The number of alkyl halides is 2. The first-order chi connectivity index (χ1) is 20.2. The number of rotatable bonds is 8. The molecule has 4 N–H and O–H groups in total. The van der Waals surface area contributed by atoms with E-state index in [-0.39, 0.29) is 23.4 Å². The van der Waals surface area contributed by atoms with E-state index in [0.29, 0.717) is 16.0 Å². The molecule has 1 aromatic heterocycles. The lowest BCUT2D eigenvalue weighted by molar-refractivity contribution is -0.148. The van der Waals surface area contributed by atoms with Crippen molar-refractivity contribution in [3.8, 4) is 5.75 Å². The molecule has 3 amide bonds. The summed E-state index contributed by atoms with van der Waals surface area (Å²) in [6.45, 7) is 6.39. The number of nitrogens with one attached hydrogen (secondary N) is 2. The van der Waals surface area contributed by atoms with Crippen LogP contribution in [-0.2, 0) is 16.1 Å². The van der Waals surface area contributed by atoms with Crippen molar-refractivity contribution in [2.75, 3.05) is 6.54 Å². The Morgan fingerprint density at radius 3 is 2.42 bits per heavy atom. The maximum absolute atomic E-state index is 15.4. The number of phenolic OH excluding ortho intramolecular Hbond substituents is 1. The van der Waals surface area contributed by atoms with Crippen LogP contribution in [0.4, 0.5) is 8.78 Å². The first kappa shape index (κ1) is 31.6. The summed E-state index contributed by atoms with van der Waals surface area (Å²) in [7, 11) is 0. The van der Waals surface area contributed by atoms with E-state index in [1.54, 1.807) is 75.6 Å². The van der Waals surface area contributed by atoms with Gasteiger partial charge in [-0.25, -0.2) is 8.78 Å². The smallest absolute Gasteiger partial charge is 0.272 e. The Morgan fingerprint density at radius 1 is 1.09 bits per heavy atom. The zero-order chi connectivity index (χ0) is 31.7. The highest BCUT2D eigenvalue weighted by atomic mass is 19.3. The van der Waals surface area contributed by atoms with Gasteiger partial charge in [0.25, 0.3) is 17.7 Å². The van der Waals surface area contributed by atoms with Gasteiger partial charge in [0, 0.05) is 30.1 Å². The Bertz CT molecular complexity index is 1530. The molecule has 1 aliphatic rings. The number of likely N-dealkylation sites (tertiary alicyclic amines) is 1. The number of hydrogen-bond donors (Lipinski definition) is 4. The molecule has 3 atom stereocenters. The molecule has 228 valence electrons. The maximum Gasteiger partial charge on any atom is 0.272 e. The first-order valence-corrected chi connectivity index (χ1v) is 13.9. The number of aliphatic hydroxyl groups excluding tert-OH is 1. The van der Waals surface area contributed by atoms with E-state index in [0.717, 1.165) is 11.1 Å². The fourth-order valence-corrected chi connectivity index (χ4v) is 5.36. The molecule has 4 rings (SSSR count). The van der Waals surface area contributed by atoms with Crippen LogP contribution in [0.15, 0.2) is 60.9 Å². The van der Waals surface area contributed by atoms with Gasteiger partial charge >= 0.3 is 0 Å². The predicted octanol–water partition coefficient (Wildman–Crippen LogP) is 3.73. The van der Waals surface area contributed by atoms with Gasteiger partial charge in [0.1, 0.15) is 11.8 Å². The van der Waals surface area contributed by atoms with Crippen molar-refractivity contribution in [1.82, 2.24) is 20.5 Å². The third-order valence-electron chi connectivity index (χ3n) is 8.21. The summed E-state index contributed by atoms with van der Waals surface area (Å²) in [6, 6.07) is 9.90. The Morgan fingerprint density at radius 2 is 1.77 bits per heavy atom. The van der Waals surface area contributed by atoms with Crippen molar-refractivity contribution in [3.05, 3.63) is 94.3 Å². The lowest BCUT2D eigenvalue weighted by Crippen LogP contribution is -2.55. The molecular formula is C32H36F2N4O5. The molecule has 11 heteroatoms. The highest BCUT2D eigenvalue weighted by molar-refractivity contribution is 5.97. The summed E-state index contributed by atoms with van der Waals surface area (Å²) in [4.78, 5) is 45.4. The number of pyridine rings is 1. The van der Waals surface area contributed by atoms with Crippen LogP contribution in [0.3, 0.4) is 0 Å². The second-order valence-corrected chi connectivity index (χ2v) is 11.6. The second kappa shape index (κ2) is 12.1. The Hall–Kier alpha value is -4.38. The summed E-state index contributed by atoms with van der Waals surface area (Å²) in [5.41, 5.74) is 0.910. The molecular weight excluding hydrogens is 558 g/mol. The minimum absolute atomic E-state index is 0.0291. The minimum atomic E-state index is -3.46. The summed E-state index contributed by atoms with van der Waals surface area (Å²) in [5, 5.41) is 26.9. The zero-order valence-corrected chi connectivity index (χ0v) is 24.7. The number of nitrogens with zero attached hydrogens (tertiary/aromatic N) is 2. The van der Waals surface area contributed by atoms with Gasteiger partial charge in [-0.2, -0.15) is 0 Å². The Labute approximate surface area is 248 Å². The van der Waals surface area contributed by atoms with Crippen LogP contribution < -0.4 is 10.6 Å². The molecule has 0 aliphatic carbocycles. The van der Waals surface area contributed by atoms with Gasteiger partial charge in [0.2, 0.25) is 5.91 Å². The molecule has 1 fully saturated rings. The number of amides is 3. The van der Waals surface area contributed by atoms with E-state index < -0.39 is 53.8 Å². The summed E-state index contributed by atoms with van der Waals surface area (Å²) >= 11 is 0. The van der Waals surface area contributed by atoms with Gasteiger partial charge < -0.3 is 25.7 Å². The molecule has 0 radical (unpaired) electrons. The number of aliphatic hydroxyl groups is 1. The molecule has 0 saturated carbocycles. The van der Waals surface area contributed by atoms with Gasteiger partial charge in [0.15, 0.2) is 6.10 Å². The number of carbonyl (C=O) groups excluding carboxylic acids is 3. The molecule has 3 aromatic rings. The summed E-state index contributed by atoms with van der Waals surface area (Å²) in [5.74, 6) is -6.19. The molecule has 1 aliphatic heterocycles. The minimum Gasteiger partial charge on any atom is -0.508 e. The van der Waals surface area contributed by atoms with Crippen LogP contribution in [0.2, 0.25) is 0 Å². The van der Waals surface area contributed by atoms with Gasteiger partial charge in [0.05, 0.1) is 18.0 Å². The average Bonchev–Trinajstić information content (AvgIpc) is 3.15. The lowest BCUT2D eigenvalue weighted by Gasteiger charge is -2.34. The number of aromatic hydroxyl groups is 1. The van der Waals surface area contributed by atoms with Crippen molar-refractivity contribution < 1.29 is 33.4 Å². The SMILES string of the molecule is Cc1cc(O)c(C)c(C(=O)NC(c2ccccc2)[C@H](O)C(=O)N2CC(F)(F)C(C)(C)[C@H]2C(=O)NCc2ccncc2C)c1. The molecule has 1 unspecified atom stereocenters. The first-order valence-electron chi connectivity index (χ1n) is 13.9. The molecule has 9 nitrogen and oxygen atoms in total. The fraction of sp³-hybridized carbons (Fsp3) is 0.375. The van der Waals surface area contributed by atoms with Crippen LogP contribution in [0.25, 0.3) is 0 Å². The van der Waals surface area contributed by atoms with E-state index in [4.69, 9.17) is 0 Å². The predicted molar refractivity (Wildman–Crippen MR) is 155 cm³/mol. The van der Waals surface area contributed by atoms with Gasteiger partial charge in [-0.15, -0.1) is 0 Å². The highest BCUT2D eigenvalue weighted by Gasteiger charge is 2.64. The standard InChI is InChI=1S/C32H36F2N4O5/c1-18-13-23(20(3)24(39)14-18)28(41)37-25(21-9-7-6-8-10-21)26(40)30(43)38-17-32(33,34)31(4,5)27(38)29(42)36-16-22-11-12-35-15-19(22)2/h6-15,25-27,39-40H,16-17H2,1-5H3,(H,36,42)(H,37,41)/t25?,26-,27+/m0/s1. The fourth-order valence-electron chi connectivity index (χ4n) is 5.36. The number of hydrogen-bond acceptors (Lipinski definition) is 6. The lowest BCUT2D eigenvalue weighted by atomic mass is 9.81. The molecule has 1 saturated heterocycles. The molecule has 2 heterocycles. The number of benzene rings is 2. The van der Waals surface area contributed by atoms with Crippen molar-refractivity contribution in [1.29, 1.82) is 0 Å². The molecule has 2 aromatic carbocycles. The van der Waals surface area contributed by atoms with Crippen LogP contribution in [0.5, 0.6) is 5.75 Å². The summed E-state index contributed by atoms with van der Waals surface area (Å²) in [6.07, 6.45) is 1.14. The molecule has 0 bridgehead atoms. The van der Waals surface area contributed by atoms with Gasteiger partial charge in [-0.1, -0.05) is 44.2 Å². The number of phenols is 1. The summed E-state index contributed by atoms with van der Waals surface area (Å²) < 4.78 is 30.7. The van der Waals surface area contributed by atoms with E-state index in [9.17, 15) is 24.6 Å². The monoisotopic (exact) mass is 594 g/mol. The number of carbonyl (C=O) groups is 3. The third kappa shape index (κ3) is 6.22. The normalized spacial score (nSPS) is 18.5. The Kier molecular flexibility index (Phi) is 8.87. The average molecular weight is 595 g/mol. The highest BCUT2D eigenvalue weighted by Crippen LogP contribution is 2.48. The Balaban J connectivity index is 1.65. The van der Waals surface area contributed by atoms with Crippen LogP contribution in [-0.4, -0.2) is 62.4 Å². The van der Waals surface area contributed by atoms with Crippen LogP contribution in [0.1, 0.15) is 58.1 Å². The second-order valence-electron chi connectivity index (χ2n) is 11.6. The van der Waals surface area contributed by atoms with Crippen molar-refractivity contribution in [2.45, 2.75) is 65.3 Å².